The summed E-state index contributed by atoms with van der Waals surface area (Å²) in [6.07, 6.45) is 0. The fourth-order valence-corrected chi connectivity index (χ4v) is 9.50. The third kappa shape index (κ3) is 6.70. The molecule has 0 aliphatic heterocycles. The Morgan fingerprint density at radius 1 is 0.235 bits per heavy atom. The van der Waals surface area contributed by atoms with Crippen molar-refractivity contribution in [2.24, 2.45) is 0 Å². The van der Waals surface area contributed by atoms with Crippen LogP contribution >= 0.6 is 0 Å². The standard InChI is InChI=1S/C60H38N8/c1-5-20-39(21-6-1)45-30-13-14-33-48(45)59-64-57(42-26-11-4-12-27-42)65-60(66-59)68-52-35-18-16-32-47(52)50-37-49-46-31-15-17-34-51(46)67(53(49)38-54(50)68)44-29-19-28-43(36-44)58-62-55(40-22-7-2-8-23-40)61-56(63-58)41-24-9-3-10-25-41/h1-38H. The molecule has 0 radical (unpaired) electrons. The molecule has 13 aromatic rings. The molecule has 0 fully saturated rings. The third-order valence-electron chi connectivity index (χ3n) is 12.6. The summed E-state index contributed by atoms with van der Waals surface area (Å²) in [6, 6.07) is 79.3. The zero-order valence-electron chi connectivity index (χ0n) is 36.5. The fourth-order valence-electron chi connectivity index (χ4n) is 9.50. The maximum absolute atomic E-state index is 5.38. The summed E-state index contributed by atoms with van der Waals surface area (Å²) < 4.78 is 4.55. The van der Waals surface area contributed by atoms with E-state index in [9.17, 15) is 0 Å². The highest BCUT2D eigenvalue weighted by atomic mass is 15.2. The number of rotatable bonds is 8. The Morgan fingerprint density at radius 2 is 0.647 bits per heavy atom. The molecule has 68 heavy (non-hydrogen) atoms. The molecule has 0 spiro atoms. The fraction of sp³-hybridized carbons (Fsp3) is 0. The predicted molar refractivity (Wildman–Crippen MR) is 275 cm³/mol. The summed E-state index contributed by atoms with van der Waals surface area (Å²) in [6.45, 7) is 0. The quantitative estimate of drug-likeness (QED) is 0.151. The van der Waals surface area contributed by atoms with Gasteiger partial charge in [0.05, 0.1) is 22.1 Å². The smallest absolute Gasteiger partial charge is 0.238 e. The molecule has 0 atom stereocenters. The highest BCUT2D eigenvalue weighted by molar-refractivity contribution is 6.19. The normalized spacial score (nSPS) is 11.5. The highest BCUT2D eigenvalue weighted by Gasteiger charge is 2.22. The molecule has 9 aromatic carbocycles. The molecule has 318 valence electrons. The topological polar surface area (TPSA) is 87.2 Å². The van der Waals surface area contributed by atoms with E-state index in [0.29, 0.717) is 35.1 Å². The monoisotopic (exact) mass is 870 g/mol. The van der Waals surface area contributed by atoms with E-state index < -0.39 is 0 Å². The molecule has 0 unspecified atom stereocenters. The lowest BCUT2D eigenvalue weighted by Gasteiger charge is -2.14. The first-order chi connectivity index (χ1) is 33.7. The summed E-state index contributed by atoms with van der Waals surface area (Å²) in [5, 5.41) is 4.49. The van der Waals surface area contributed by atoms with Gasteiger partial charge in [-0.25, -0.2) is 19.9 Å². The van der Waals surface area contributed by atoms with Crippen LogP contribution in [-0.2, 0) is 0 Å². The number of para-hydroxylation sites is 2. The van der Waals surface area contributed by atoms with E-state index in [1.165, 1.54) is 0 Å². The SMILES string of the molecule is c1ccc(-c2nc(-c3ccccc3)nc(-c3cccc(-n4c5ccccc5c5cc6c7ccccc7n(-c7nc(-c8ccccc8)nc(-c8ccccc8-c8ccccc8)n7)c6cc54)c3)n2)cc1. The first-order valence-corrected chi connectivity index (χ1v) is 22.6. The molecule has 8 heteroatoms. The van der Waals surface area contributed by atoms with Crippen molar-refractivity contribution in [3.63, 3.8) is 0 Å². The van der Waals surface area contributed by atoms with E-state index in [1.807, 2.05) is 91.0 Å². The maximum atomic E-state index is 5.38. The Kier molecular flexibility index (Phi) is 9.31. The van der Waals surface area contributed by atoms with Crippen molar-refractivity contribution in [2.75, 3.05) is 0 Å². The van der Waals surface area contributed by atoms with Crippen molar-refractivity contribution in [3.8, 4) is 79.7 Å². The van der Waals surface area contributed by atoms with Gasteiger partial charge < -0.3 is 4.57 Å². The van der Waals surface area contributed by atoms with Gasteiger partial charge in [0.25, 0.3) is 0 Å². The molecule has 4 heterocycles. The van der Waals surface area contributed by atoms with E-state index in [1.54, 1.807) is 0 Å². The molecule has 0 bridgehead atoms. The van der Waals surface area contributed by atoms with Gasteiger partial charge >= 0.3 is 0 Å². The van der Waals surface area contributed by atoms with E-state index in [0.717, 1.165) is 88.2 Å². The van der Waals surface area contributed by atoms with Gasteiger partial charge in [-0.1, -0.05) is 194 Å². The molecular weight excluding hydrogens is 833 g/mol. The van der Waals surface area contributed by atoms with E-state index in [2.05, 4.69) is 149 Å². The van der Waals surface area contributed by atoms with Crippen molar-refractivity contribution in [3.05, 3.63) is 231 Å². The van der Waals surface area contributed by atoms with Gasteiger partial charge in [0.2, 0.25) is 5.95 Å². The minimum atomic E-state index is 0.533. The van der Waals surface area contributed by atoms with Crippen LogP contribution in [0.3, 0.4) is 0 Å². The summed E-state index contributed by atoms with van der Waals surface area (Å²) >= 11 is 0. The molecule has 8 nitrogen and oxygen atoms in total. The molecule has 13 rings (SSSR count). The molecule has 0 N–H and O–H groups in total. The van der Waals surface area contributed by atoms with Crippen molar-refractivity contribution in [1.82, 2.24) is 39.0 Å². The molecule has 0 aliphatic carbocycles. The largest absolute Gasteiger partial charge is 0.309 e. The van der Waals surface area contributed by atoms with Crippen LogP contribution < -0.4 is 0 Å². The lowest BCUT2D eigenvalue weighted by molar-refractivity contribution is 0.954. The Balaban J connectivity index is 1.04. The summed E-state index contributed by atoms with van der Waals surface area (Å²) in [5.41, 5.74) is 11.8. The summed E-state index contributed by atoms with van der Waals surface area (Å²) in [7, 11) is 0. The van der Waals surface area contributed by atoms with E-state index >= 15 is 0 Å². The number of nitrogens with zero attached hydrogens (tertiary/aromatic N) is 8. The molecule has 0 aliphatic rings. The van der Waals surface area contributed by atoms with E-state index in [4.69, 9.17) is 29.9 Å². The average Bonchev–Trinajstić information content (AvgIpc) is 3.93. The van der Waals surface area contributed by atoms with Gasteiger partial charge in [-0.05, 0) is 47.5 Å². The number of hydrogen-bond acceptors (Lipinski definition) is 6. The van der Waals surface area contributed by atoms with Gasteiger partial charge in [-0.3, -0.25) is 4.57 Å². The van der Waals surface area contributed by atoms with Gasteiger partial charge in [-0.15, -0.1) is 0 Å². The van der Waals surface area contributed by atoms with Crippen LogP contribution in [0.15, 0.2) is 231 Å². The highest BCUT2D eigenvalue weighted by Crippen LogP contribution is 2.41. The van der Waals surface area contributed by atoms with Crippen LogP contribution in [0.2, 0.25) is 0 Å². The number of aromatic nitrogens is 8. The summed E-state index contributed by atoms with van der Waals surface area (Å²) in [5.74, 6) is 3.55. The molecule has 0 saturated carbocycles. The number of hydrogen-bond donors (Lipinski definition) is 0. The predicted octanol–water partition coefficient (Wildman–Crippen LogP) is 14.3. The lowest BCUT2D eigenvalue weighted by Crippen LogP contribution is -2.07. The maximum Gasteiger partial charge on any atom is 0.238 e. The summed E-state index contributed by atoms with van der Waals surface area (Å²) in [4.78, 5) is 31.0. The van der Waals surface area contributed by atoms with Gasteiger partial charge in [-0.2, -0.15) is 9.97 Å². The van der Waals surface area contributed by atoms with Crippen LogP contribution in [-0.4, -0.2) is 39.0 Å². The second-order valence-corrected chi connectivity index (χ2v) is 16.7. The molecule has 0 amide bonds. The van der Waals surface area contributed by atoms with Gasteiger partial charge in [0.1, 0.15) is 0 Å². The van der Waals surface area contributed by atoms with Crippen LogP contribution in [0.1, 0.15) is 0 Å². The van der Waals surface area contributed by atoms with Gasteiger partial charge in [0.15, 0.2) is 29.1 Å². The molecular formula is C60H38N8. The Labute approximate surface area is 391 Å². The Morgan fingerprint density at radius 3 is 1.24 bits per heavy atom. The second kappa shape index (κ2) is 16.2. The zero-order chi connectivity index (χ0) is 45.0. The van der Waals surface area contributed by atoms with Crippen molar-refractivity contribution < 1.29 is 0 Å². The number of fused-ring (bicyclic) bond motifs is 6. The Bertz CT molecular complexity index is 3960. The molecule has 4 aromatic heterocycles. The number of benzene rings is 9. The minimum Gasteiger partial charge on any atom is -0.309 e. The zero-order valence-corrected chi connectivity index (χ0v) is 36.5. The molecule has 0 saturated heterocycles. The van der Waals surface area contributed by atoms with E-state index in [-0.39, 0.29) is 0 Å². The van der Waals surface area contributed by atoms with Crippen LogP contribution in [0.4, 0.5) is 0 Å². The van der Waals surface area contributed by atoms with Gasteiger partial charge in [0, 0.05) is 55.0 Å². The van der Waals surface area contributed by atoms with Crippen LogP contribution in [0.25, 0.3) is 123 Å². The van der Waals surface area contributed by atoms with Crippen LogP contribution in [0.5, 0.6) is 0 Å². The third-order valence-corrected chi connectivity index (χ3v) is 12.6. The average molecular weight is 871 g/mol. The first kappa shape index (κ1) is 39.0. The Hall–Kier alpha value is -9.40. The first-order valence-electron chi connectivity index (χ1n) is 22.6. The van der Waals surface area contributed by atoms with Crippen molar-refractivity contribution in [2.45, 2.75) is 0 Å². The second-order valence-electron chi connectivity index (χ2n) is 16.7. The van der Waals surface area contributed by atoms with Crippen molar-refractivity contribution in [1.29, 1.82) is 0 Å². The van der Waals surface area contributed by atoms with Crippen LogP contribution in [0, 0.1) is 0 Å². The lowest BCUT2D eigenvalue weighted by atomic mass is 9.99. The minimum absolute atomic E-state index is 0.533. The van der Waals surface area contributed by atoms with Crippen molar-refractivity contribution >= 4 is 43.6 Å².